The standard InChI is InChI=1S/C28H24N4O2S/c1-33-26-16-8-6-14-24(26)32-27(30-31-28(32)35-20-21-10-9-17-29-18-21)19-34-25-15-7-5-13-23(25)22-11-3-2-4-12-22/h2-18H,19-20H2,1H3. The van der Waals surface area contributed by atoms with Gasteiger partial charge in [0.05, 0.1) is 12.8 Å². The summed E-state index contributed by atoms with van der Waals surface area (Å²) in [7, 11) is 1.66. The van der Waals surface area contributed by atoms with Crippen molar-refractivity contribution in [2.75, 3.05) is 7.11 Å². The molecule has 0 aliphatic heterocycles. The molecule has 5 aromatic rings. The van der Waals surface area contributed by atoms with Gasteiger partial charge in [-0.15, -0.1) is 10.2 Å². The van der Waals surface area contributed by atoms with E-state index in [4.69, 9.17) is 9.47 Å². The van der Waals surface area contributed by atoms with Crippen LogP contribution in [0.15, 0.2) is 109 Å². The summed E-state index contributed by atoms with van der Waals surface area (Å²) in [4.78, 5) is 4.21. The van der Waals surface area contributed by atoms with Crippen LogP contribution in [-0.2, 0) is 12.4 Å². The van der Waals surface area contributed by atoms with Gasteiger partial charge in [-0.2, -0.15) is 0 Å². The SMILES string of the molecule is COc1ccccc1-n1c(COc2ccccc2-c2ccccc2)nnc1SCc1cccnc1. The highest BCUT2D eigenvalue weighted by molar-refractivity contribution is 7.98. The van der Waals surface area contributed by atoms with Gasteiger partial charge in [0.15, 0.2) is 11.0 Å². The topological polar surface area (TPSA) is 62.1 Å². The molecule has 0 saturated heterocycles. The van der Waals surface area contributed by atoms with Crippen LogP contribution in [0.5, 0.6) is 11.5 Å². The number of rotatable bonds is 9. The summed E-state index contributed by atoms with van der Waals surface area (Å²) < 4.78 is 14.0. The number of nitrogens with zero attached hydrogens (tertiary/aromatic N) is 4. The van der Waals surface area contributed by atoms with Crippen molar-refractivity contribution in [3.63, 3.8) is 0 Å². The smallest absolute Gasteiger partial charge is 0.196 e. The molecule has 0 spiro atoms. The molecule has 0 unspecified atom stereocenters. The predicted octanol–water partition coefficient (Wildman–Crippen LogP) is 6.21. The lowest BCUT2D eigenvalue weighted by Crippen LogP contribution is -2.08. The van der Waals surface area contributed by atoms with Crippen molar-refractivity contribution in [2.45, 2.75) is 17.5 Å². The van der Waals surface area contributed by atoms with E-state index in [1.807, 2.05) is 83.6 Å². The fourth-order valence-corrected chi connectivity index (χ4v) is 4.66. The third-order valence-corrected chi connectivity index (χ3v) is 6.45. The minimum Gasteiger partial charge on any atom is -0.495 e. The van der Waals surface area contributed by atoms with Gasteiger partial charge in [-0.05, 0) is 35.4 Å². The molecule has 0 atom stereocenters. The van der Waals surface area contributed by atoms with E-state index in [1.54, 1.807) is 25.1 Å². The molecule has 2 aromatic heterocycles. The maximum Gasteiger partial charge on any atom is 0.196 e. The minimum absolute atomic E-state index is 0.252. The molecule has 0 aliphatic carbocycles. The molecule has 0 radical (unpaired) electrons. The Morgan fingerprint density at radius 2 is 1.57 bits per heavy atom. The molecule has 35 heavy (non-hydrogen) atoms. The average molecular weight is 481 g/mol. The van der Waals surface area contributed by atoms with E-state index in [9.17, 15) is 0 Å². The number of methoxy groups -OCH3 is 1. The summed E-state index contributed by atoms with van der Waals surface area (Å²) in [6, 6.07) is 30.1. The largest absolute Gasteiger partial charge is 0.495 e. The van der Waals surface area contributed by atoms with Crippen LogP contribution in [0, 0.1) is 0 Å². The van der Waals surface area contributed by atoms with E-state index in [1.165, 1.54) is 0 Å². The van der Waals surface area contributed by atoms with Crippen molar-refractivity contribution in [3.05, 3.63) is 115 Å². The Balaban J connectivity index is 1.46. The van der Waals surface area contributed by atoms with E-state index in [-0.39, 0.29) is 6.61 Å². The molecule has 0 aliphatic rings. The van der Waals surface area contributed by atoms with Gasteiger partial charge in [-0.25, -0.2) is 0 Å². The Morgan fingerprint density at radius 3 is 2.37 bits per heavy atom. The second kappa shape index (κ2) is 10.9. The molecule has 0 fully saturated rings. The van der Waals surface area contributed by atoms with Gasteiger partial charge in [0, 0.05) is 23.7 Å². The second-order valence-corrected chi connectivity index (χ2v) is 8.65. The summed E-state index contributed by atoms with van der Waals surface area (Å²) in [6.45, 7) is 0.252. The fourth-order valence-electron chi connectivity index (χ4n) is 3.77. The highest BCUT2D eigenvalue weighted by Crippen LogP contribution is 2.32. The number of pyridine rings is 1. The number of para-hydroxylation sites is 3. The van der Waals surface area contributed by atoms with Gasteiger partial charge >= 0.3 is 0 Å². The first-order valence-corrected chi connectivity index (χ1v) is 12.2. The van der Waals surface area contributed by atoms with E-state index < -0.39 is 0 Å². The van der Waals surface area contributed by atoms with Gasteiger partial charge in [0.1, 0.15) is 18.1 Å². The lowest BCUT2D eigenvalue weighted by atomic mass is 10.1. The third kappa shape index (κ3) is 5.20. The third-order valence-electron chi connectivity index (χ3n) is 5.45. The number of hydrogen-bond donors (Lipinski definition) is 0. The summed E-state index contributed by atoms with van der Waals surface area (Å²) in [5.74, 6) is 2.93. The van der Waals surface area contributed by atoms with Crippen LogP contribution in [0.1, 0.15) is 11.4 Å². The number of aromatic nitrogens is 4. The number of hydrogen-bond acceptors (Lipinski definition) is 6. The maximum absolute atomic E-state index is 6.31. The summed E-state index contributed by atoms with van der Waals surface area (Å²) in [6.07, 6.45) is 3.63. The zero-order chi connectivity index (χ0) is 23.9. The lowest BCUT2D eigenvalue weighted by molar-refractivity contribution is 0.293. The molecule has 0 bridgehead atoms. The molecule has 7 heteroatoms. The highest BCUT2D eigenvalue weighted by atomic mass is 32.2. The summed E-state index contributed by atoms with van der Waals surface area (Å²) in [5.41, 5.74) is 4.11. The van der Waals surface area contributed by atoms with Crippen molar-refractivity contribution in [1.29, 1.82) is 0 Å². The van der Waals surface area contributed by atoms with Crippen LogP contribution in [0.25, 0.3) is 16.8 Å². The van der Waals surface area contributed by atoms with Crippen LogP contribution in [-0.4, -0.2) is 26.9 Å². The molecule has 3 aromatic carbocycles. The first-order chi connectivity index (χ1) is 17.3. The summed E-state index contributed by atoms with van der Waals surface area (Å²) >= 11 is 1.59. The van der Waals surface area contributed by atoms with Crippen LogP contribution >= 0.6 is 11.8 Å². The normalized spacial score (nSPS) is 10.8. The fraction of sp³-hybridized carbons (Fsp3) is 0.107. The van der Waals surface area contributed by atoms with Gasteiger partial charge in [-0.1, -0.05) is 78.5 Å². The van der Waals surface area contributed by atoms with Gasteiger partial charge in [0.2, 0.25) is 0 Å². The van der Waals surface area contributed by atoms with Crippen molar-refractivity contribution >= 4 is 11.8 Å². The molecule has 6 nitrogen and oxygen atoms in total. The highest BCUT2D eigenvalue weighted by Gasteiger charge is 2.19. The van der Waals surface area contributed by atoms with Crippen LogP contribution < -0.4 is 9.47 Å². The average Bonchev–Trinajstić information content (AvgIpc) is 3.34. The first-order valence-electron chi connectivity index (χ1n) is 11.2. The van der Waals surface area contributed by atoms with E-state index >= 15 is 0 Å². The van der Waals surface area contributed by atoms with Crippen LogP contribution in [0.2, 0.25) is 0 Å². The van der Waals surface area contributed by atoms with Gasteiger partial charge in [-0.3, -0.25) is 9.55 Å². The number of benzene rings is 3. The quantitative estimate of drug-likeness (QED) is 0.234. The van der Waals surface area contributed by atoms with Gasteiger partial charge in [0.25, 0.3) is 0 Å². The van der Waals surface area contributed by atoms with Crippen molar-refractivity contribution in [2.24, 2.45) is 0 Å². The Kier molecular flexibility index (Phi) is 7.05. The Bertz CT molecular complexity index is 1390. The maximum atomic E-state index is 6.31. The molecule has 0 saturated carbocycles. The van der Waals surface area contributed by atoms with E-state index in [0.717, 1.165) is 44.8 Å². The Morgan fingerprint density at radius 1 is 0.800 bits per heavy atom. The minimum atomic E-state index is 0.252. The first kappa shape index (κ1) is 22.7. The molecule has 0 N–H and O–H groups in total. The number of thioether (sulfide) groups is 1. The zero-order valence-corrected chi connectivity index (χ0v) is 20.1. The molecule has 0 amide bonds. The Labute approximate surface area is 208 Å². The second-order valence-electron chi connectivity index (χ2n) is 7.71. The molecular weight excluding hydrogens is 456 g/mol. The van der Waals surface area contributed by atoms with Crippen LogP contribution in [0.4, 0.5) is 0 Å². The van der Waals surface area contributed by atoms with Crippen LogP contribution in [0.3, 0.4) is 0 Å². The molecule has 5 rings (SSSR count). The van der Waals surface area contributed by atoms with E-state index in [2.05, 4.69) is 33.4 Å². The Hall–Kier alpha value is -4.10. The van der Waals surface area contributed by atoms with Crippen molar-refractivity contribution in [3.8, 4) is 28.3 Å². The van der Waals surface area contributed by atoms with E-state index in [0.29, 0.717) is 5.82 Å². The zero-order valence-electron chi connectivity index (χ0n) is 19.2. The van der Waals surface area contributed by atoms with Crippen molar-refractivity contribution < 1.29 is 9.47 Å². The van der Waals surface area contributed by atoms with Gasteiger partial charge < -0.3 is 9.47 Å². The summed E-state index contributed by atoms with van der Waals surface area (Å²) in [5, 5.41) is 9.75. The lowest BCUT2D eigenvalue weighted by Gasteiger charge is -2.15. The monoisotopic (exact) mass is 480 g/mol. The number of ether oxygens (including phenoxy) is 2. The molecular formula is C28H24N4O2S. The molecule has 2 heterocycles. The molecule has 174 valence electrons. The predicted molar refractivity (Wildman–Crippen MR) is 138 cm³/mol. The van der Waals surface area contributed by atoms with Crippen molar-refractivity contribution in [1.82, 2.24) is 19.7 Å².